The minimum Gasteiger partial charge on any atom is -0.444 e. The molecular weight excluding hydrogens is 292 g/mol. The molecule has 1 N–H and O–H groups in total. The highest BCUT2D eigenvalue weighted by atomic mass is 35.5. The predicted octanol–water partition coefficient (Wildman–Crippen LogP) is 2.48. The summed E-state index contributed by atoms with van der Waals surface area (Å²) in [6, 6.07) is 0. The minimum atomic E-state index is -0.469. The highest BCUT2D eigenvalue weighted by Gasteiger charge is 2.25. The molecule has 1 fully saturated rings. The van der Waals surface area contributed by atoms with Gasteiger partial charge in [0, 0.05) is 19.6 Å². The van der Waals surface area contributed by atoms with Gasteiger partial charge in [-0.05, 0) is 33.1 Å². The normalized spacial score (nSPS) is 18.7. The maximum absolute atomic E-state index is 11.6. The molecule has 21 heavy (non-hydrogen) atoms. The summed E-state index contributed by atoms with van der Waals surface area (Å²) in [4.78, 5) is 22.1. The van der Waals surface area contributed by atoms with Crippen LogP contribution in [0.15, 0.2) is 12.4 Å². The Kier molecular flexibility index (Phi) is 4.88. The van der Waals surface area contributed by atoms with Gasteiger partial charge in [-0.25, -0.2) is 14.8 Å². The van der Waals surface area contributed by atoms with Crippen LogP contribution < -0.4 is 10.2 Å². The number of hydrogen-bond donors (Lipinski definition) is 1. The molecule has 0 radical (unpaired) electrons. The van der Waals surface area contributed by atoms with Crippen LogP contribution in [0.5, 0.6) is 0 Å². The number of halogens is 1. The van der Waals surface area contributed by atoms with Crippen molar-refractivity contribution in [1.29, 1.82) is 0 Å². The maximum Gasteiger partial charge on any atom is 0.407 e. The summed E-state index contributed by atoms with van der Waals surface area (Å²) < 4.78 is 5.22. The van der Waals surface area contributed by atoms with Crippen LogP contribution in [0.3, 0.4) is 0 Å². The molecule has 1 aromatic rings. The predicted molar refractivity (Wildman–Crippen MR) is 81.6 cm³/mol. The van der Waals surface area contributed by atoms with Gasteiger partial charge in [0.2, 0.25) is 5.95 Å². The lowest BCUT2D eigenvalue weighted by atomic mass is 10.1. The molecule has 7 heteroatoms. The molecule has 0 bridgehead atoms. The number of nitrogens with one attached hydrogen (secondary N) is 1. The summed E-state index contributed by atoms with van der Waals surface area (Å²) in [5, 5.41) is 3.34. The van der Waals surface area contributed by atoms with Gasteiger partial charge in [-0.15, -0.1) is 0 Å². The van der Waals surface area contributed by atoms with Crippen molar-refractivity contribution in [3.63, 3.8) is 0 Å². The SMILES string of the molecule is CC(C)(C)OC(=O)NCC1CCN(c2ncc(Cl)cn2)C1. The van der Waals surface area contributed by atoms with Crippen LogP contribution in [0.1, 0.15) is 27.2 Å². The first-order valence-electron chi connectivity index (χ1n) is 7.03. The number of hydrogen-bond acceptors (Lipinski definition) is 5. The van der Waals surface area contributed by atoms with Gasteiger partial charge >= 0.3 is 6.09 Å². The standard InChI is InChI=1S/C14H21ClN4O2/c1-14(2,3)21-13(20)18-6-10-4-5-19(9-10)12-16-7-11(15)8-17-12/h7-8,10H,4-6,9H2,1-3H3,(H,18,20). The third-order valence-electron chi connectivity index (χ3n) is 3.11. The fraction of sp³-hybridized carbons (Fsp3) is 0.643. The summed E-state index contributed by atoms with van der Waals surface area (Å²) >= 11 is 5.78. The van der Waals surface area contributed by atoms with Crippen LogP contribution in [-0.4, -0.2) is 41.3 Å². The summed E-state index contributed by atoms with van der Waals surface area (Å²) in [6.45, 7) is 7.84. The summed E-state index contributed by atoms with van der Waals surface area (Å²) in [7, 11) is 0. The number of aromatic nitrogens is 2. The topological polar surface area (TPSA) is 67.3 Å². The van der Waals surface area contributed by atoms with E-state index in [4.69, 9.17) is 16.3 Å². The number of carbonyl (C=O) groups excluding carboxylic acids is 1. The van der Waals surface area contributed by atoms with Crippen molar-refractivity contribution in [2.45, 2.75) is 32.8 Å². The monoisotopic (exact) mass is 312 g/mol. The molecule has 1 amide bonds. The van der Waals surface area contributed by atoms with Gasteiger partial charge in [-0.3, -0.25) is 0 Å². The number of carbonyl (C=O) groups is 1. The van der Waals surface area contributed by atoms with E-state index < -0.39 is 5.60 Å². The second-order valence-corrected chi connectivity index (χ2v) is 6.62. The van der Waals surface area contributed by atoms with E-state index in [0.29, 0.717) is 23.4 Å². The van der Waals surface area contributed by atoms with Crippen LogP contribution in [0, 0.1) is 5.92 Å². The number of rotatable bonds is 3. The first kappa shape index (κ1) is 15.8. The quantitative estimate of drug-likeness (QED) is 0.928. The third kappa shape index (κ3) is 5.04. The largest absolute Gasteiger partial charge is 0.444 e. The van der Waals surface area contributed by atoms with Crippen molar-refractivity contribution in [1.82, 2.24) is 15.3 Å². The Morgan fingerprint density at radius 2 is 2.14 bits per heavy atom. The van der Waals surface area contributed by atoms with E-state index in [1.54, 1.807) is 12.4 Å². The zero-order valence-electron chi connectivity index (χ0n) is 12.6. The second kappa shape index (κ2) is 6.47. The fourth-order valence-electron chi connectivity index (χ4n) is 2.19. The van der Waals surface area contributed by atoms with Gasteiger partial charge in [-0.2, -0.15) is 0 Å². The third-order valence-corrected chi connectivity index (χ3v) is 3.30. The van der Waals surface area contributed by atoms with Crippen LogP contribution in [0.25, 0.3) is 0 Å². The van der Waals surface area contributed by atoms with Gasteiger partial charge in [0.15, 0.2) is 0 Å². The molecule has 0 spiro atoms. The lowest BCUT2D eigenvalue weighted by Gasteiger charge is -2.21. The van der Waals surface area contributed by atoms with E-state index in [-0.39, 0.29) is 6.09 Å². The highest BCUT2D eigenvalue weighted by Crippen LogP contribution is 2.20. The lowest BCUT2D eigenvalue weighted by molar-refractivity contribution is 0.0520. The molecule has 1 saturated heterocycles. The Balaban J connectivity index is 1.78. The van der Waals surface area contributed by atoms with E-state index in [9.17, 15) is 4.79 Å². The average Bonchev–Trinajstić information content (AvgIpc) is 2.84. The van der Waals surface area contributed by atoms with E-state index in [2.05, 4.69) is 20.2 Å². The summed E-state index contributed by atoms with van der Waals surface area (Å²) in [6.07, 6.45) is 3.80. The van der Waals surface area contributed by atoms with Crippen LogP contribution in [-0.2, 0) is 4.74 Å². The molecule has 116 valence electrons. The molecular formula is C14H21ClN4O2. The molecule has 1 aliphatic heterocycles. The number of amides is 1. The van der Waals surface area contributed by atoms with Crippen molar-refractivity contribution in [2.75, 3.05) is 24.5 Å². The second-order valence-electron chi connectivity index (χ2n) is 6.18. The Bertz CT molecular complexity index is 487. The molecule has 1 unspecified atom stereocenters. The smallest absolute Gasteiger partial charge is 0.407 e. The molecule has 2 rings (SSSR count). The van der Waals surface area contributed by atoms with E-state index in [0.717, 1.165) is 19.5 Å². The first-order valence-corrected chi connectivity index (χ1v) is 7.40. The number of nitrogens with zero attached hydrogens (tertiary/aromatic N) is 3. The van der Waals surface area contributed by atoms with Crippen LogP contribution in [0.2, 0.25) is 5.02 Å². The van der Waals surface area contributed by atoms with Crippen LogP contribution >= 0.6 is 11.6 Å². The molecule has 1 aliphatic rings. The molecule has 1 aromatic heterocycles. The lowest BCUT2D eigenvalue weighted by Crippen LogP contribution is -2.36. The number of anilines is 1. The van der Waals surface area contributed by atoms with Gasteiger partial charge in [0.25, 0.3) is 0 Å². The van der Waals surface area contributed by atoms with Crippen molar-refractivity contribution in [3.05, 3.63) is 17.4 Å². The fourth-order valence-corrected chi connectivity index (χ4v) is 2.29. The van der Waals surface area contributed by atoms with Gasteiger partial charge in [0.05, 0.1) is 17.4 Å². The summed E-state index contributed by atoms with van der Waals surface area (Å²) in [5.41, 5.74) is -0.469. The molecule has 0 saturated carbocycles. The van der Waals surface area contributed by atoms with Crippen molar-refractivity contribution < 1.29 is 9.53 Å². The Morgan fingerprint density at radius 3 is 2.76 bits per heavy atom. The molecule has 1 atom stereocenters. The van der Waals surface area contributed by atoms with E-state index in [1.165, 1.54) is 0 Å². The molecule has 6 nitrogen and oxygen atoms in total. The molecule has 0 aromatic carbocycles. The number of ether oxygens (including phenoxy) is 1. The molecule has 0 aliphatic carbocycles. The van der Waals surface area contributed by atoms with Crippen LogP contribution in [0.4, 0.5) is 10.7 Å². The van der Waals surface area contributed by atoms with Gasteiger partial charge in [-0.1, -0.05) is 11.6 Å². The van der Waals surface area contributed by atoms with E-state index in [1.807, 2.05) is 20.8 Å². The van der Waals surface area contributed by atoms with E-state index >= 15 is 0 Å². The van der Waals surface area contributed by atoms with Crippen molar-refractivity contribution in [2.24, 2.45) is 5.92 Å². The zero-order valence-corrected chi connectivity index (χ0v) is 13.4. The highest BCUT2D eigenvalue weighted by molar-refractivity contribution is 6.30. The minimum absolute atomic E-state index is 0.372. The zero-order chi connectivity index (χ0) is 15.5. The Labute approximate surface area is 129 Å². The molecule has 2 heterocycles. The van der Waals surface area contributed by atoms with Crippen molar-refractivity contribution >= 4 is 23.6 Å². The number of alkyl carbamates (subject to hydrolysis) is 1. The van der Waals surface area contributed by atoms with Gasteiger partial charge in [0.1, 0.15) is 5.60 Å². The maximum atomic E-state index is 11.6. The van der Waals surface area contributed by atoms with Crippen molar-refractivity contribution in [3.8, 4) is 0 Å². The first-order chi connectivity index (χ1) is 9.83. The average molecular weight is 313 g/mol. The van der Waals surface area contributed by atoms with Gasteiger partial charge < -0.3 is 15.0 Å². The summed E-state index contributed by atoms with van der Waals surface area (Å²) in [5.74, 6) is 1.05. The Hall–Kier alpha value is -1.56. The Morgan fingerprint density at radius 1 is 1.48 bits per heavy atom.